The number of likely N-dealkylation sites (tertiary alicyclic amines) is 1. The summed E-state index contributed by atoms with van der Waals surface area (Å²) < 4.78 is 0. The largest absolute Gasteiger partial charge is 0.395 e. The second-order valence-corrected chi connectivity index (χ2v) is 5.67. The maximum absolute atomic E-state index is 9.58. The lowest BCUT2D eigenvalue weighted by Crippen LogP contribution is -2.46. The van der Waals surface area contributed by atoms with Crippen LogP contribution >= 0.6 is 0 Å². The zero-order chi connectivity index (χ0) is 13.2. The molecule has 108 valence electrons. The van der Waals surface area contributed by atoms with Gasteiger partial charge in [0.05, 0.1) is 12.7 Å². The molecule has 2 N–H and O–H groups in total. The molecule has 3 heteroatoms. The first kappa shape index (κ1) is 15.9. The first-order valence-electron chi connectivity index (χ1n) is 7.81. The maximum Gasteiger partial charge on any atom is 0.0587 e. The lowest BCUT2D eigenvalue weighted by atomic mass is 9.99. The number of aliphatic hydroxyl groups is 2. The smallest absolute Gasteiger partial charge is 0.0587 e. The quantitative estimate of drug-likeness (QED) is 0.624. The van der Waals surface area contributed by atoms with Crippen LogP contribution in [0.5, 0.6) is 0 Å². The molecular formula is C15H31NO2. The average Bonchev–Trinajstić information content (AvgIpc) is 2.39. The molecule has 0 spiro atoms. The van der Waals surface area contributed by atoms with Crippen LogP contribution in [0.3, 0.4) is 0 Å². The number of hydrogen-bond acceptors (Lipinski definition) is 3. The SMILES string of the molecule is CCCCCCCCCN1CC[C@@H](O)C[C@H]1CO. The van der Waals surface area contributed by atoms with Gasteiger partial charge in [0.25, 0.3) is 0 Å². The Bertz CT molecular complexity index is 199. The van der Waals surface area contributed by atoms with Gasteiger partial charge in [-0.05, 0) is 25.8 Å². The molecule has 0 amide bonds. The molecule has 1 heterocycles. The van der Waals surface area contributed by atoms with E-state index in [1.807, 2.05) is 0 Å². The highest BCUT2D eigenvalue weighted by atomic mass is 16.3. The van der Waals surface area contributed by atoms with Crippen LogP contribution in [0.15, 0.2) is 0 Å². The zero-order valence-electron chi connectivity index (χ0n) is 12.0. The number of nitrogens with zero attached hydrogens (tertiary/aromatic N) is 1. The second-order valence-electron chi connectivity index (χ2n) is 5.67. The molecule has 1 aliphatic heterocycles. The van der Waals surface area contributed by atoms with Crippen LogP contribution in [0, 0.1) is 0 Å². The molecule has 18 heavy (non-hydrogen) atoms. The third-order valence-corrected chi connectivity index (χ3v) is 4.07. The van der Waals surface area contributed by atoms with Crippen LogP contribution in [-0.2, 0) is 0 Å². The van der Waals surface area contributed by atoms with Crippen LogP contribution in [0.25, 0.3) is 0 Å². The van der Waals surface area contributed by atoms with Crippen molar-refractivity contribution in [2.45, 2.75) is 76.9 Å². The van der Waals surface area contributed by atoms with E-state index in [1.165, 1.54) is 44.9 Å². The number of aliphatic hydroxyl groups excluding tert-OH is 2. The minimum absolute atomic E-state index is 0.188. The van der Waals surface area contributed by atoms with Crippen LogP contribution in [0.2, 0.25) is 0 Å². The summed E-state index contributed by atoms with van der Waals surface area (Å²) in [6.07, 6.45) is 10.7. The molecule has 0 aromatic carbocycles. The number of rotatable bonds is 9. The second kappa shape index (κ2) is 9.76. The van der Waals surface area contributed by atoms with Crippen molar-refractivity contribution < 1.29 is 10.2 Å². The summed E-state index contributed by atoms with van der Waals surface area (Å²) in [7, 11) is 0. The topological polar surface area (TPSA) is 43.7 Å². The van der Waals surface area contributed by atoms with Gasteiger partial charge >= 0.3 is 0 Å². The number of unbranched alkanes of at least 4 members (excludes halogenated alkanes) is 6. The van der Waals surface area contributed by atoms with Gasteiger partial charge in [-0.3, -0.25) is 4.90 Å². The lowest BCUT2D eigenvalue weighted by Gasteiger charge is -2.36. The van der Waals surface area contributed by atoms with Gasteiger partial charge in [0.2, 0.25) is 0 Å². The van der Waals surface area contributed by atoms with E-state index < -0.39 is 0 Å². The Balaban J connectivity index is 2.03. The Hall–Kier alpha value is -0.120. The van der Waals surface area contributed by atoms with Gasteiger partial charge in [0.1, 0.15) is 0 Å². The van der Waals surface area contributed by atoms with E-state index in [9.17, 15) is 10.2 Å². The van der Waals surface area contributed by atoms with Gasteiger partial charge in [0, 0.05) is 12.6 Å². The minimum Gasteiger partial charge on any atom is -0.395 e. The third kappa shape index (κ3) is 6.17. The normalized spacial score (nSPS) is 25.5. The van der Waals surface area contributed by atoms with Gasteiger partial charge in [-0.25, -0.2) is 0 Å². The Kier molecular flexibility index (Phi) is 8.64. The maximum atomic E-state index is 9.58. The van der Waals surface area contributed by atoms with E-state index in [2.05, 4.69) is 11.8 Å². The standard InChI is InChI=1S/C15H31NO2/c1-2-3-4-5-6-7-8-10-16-11-9-15(18)12-14(16)13-17/h14-15,17-18H,2-13H2,1H3/t14-,15+/m0/s1. The van der Waals surface area contributed by atoms with E-state index in [0.29, 0.717) is 0 Å². The first-order chi connectivity index (χ1) is 8.77. The van der Waals surface area contributed by atoms with Crippen molar-refractivity contribution in [3.05, 3.63) is 0 Å². The fraction of sp³-hybridized carbons (Fsp3) is 1.00. The molecule has 1 saturated heterocycles. The predicted molar refractivity (Wildman–Crippen MR) is 75.7 cm³/mol. The molecule has 0 radical (unpaired) electrons. The van der Waals surface area contributed by atoms with Crippen LogP contribution in [-0.4, -0.2) is 47.0 Å². The van der Waals surface area contributed by atoms with Gasteiger partial charge in [-0.15, -0.1) is 0 Å². The Morgan fingerprint density at radius 1 is 1.06 bits per heavy atom. The Morgan fingerprint density at radius 3 is 2.39 bits per heavy atom. The van der Waals surface area contributed by atoms with Crippen molar-refractivity contribution in [1.82, 2.24) is 4.90 Å². The summed E-state index contributed by atoms with van der Waals surface area (Å²) in [4.78, 5) is 2.36. The highest BCUT2D eigenvalue weighted by Gasteiger charge is 2.25. The molecule has 1 fully saturated rings. The molecule has 1 rings (SSSR count). The fourth-order valence-corrected chi connectivity index (χ4v) is 2.83. The first-order valence-corrected chi connectivity index (χ1v) is 7.81. The molecule has 0 aromatic rings. The molecule has 0 aliphatic carbocycles. The van der Waals surface area contributed by atoms with Gasteiger partial charge < -0.3 is 10.2 Å². The molecule has 0 unspecified atom stereocenters. The summed E-state index contributed by atoms with van der Waals surface area (Å²) >= 11 is 0. The van der Waals surface area contributed by atoms with Crippen molar-refractivity contribution >= 4 is 0 Å². The zero-order valence-corrected chi connectivity index (χ0v) is 12.0. The van der Waals surface area contributed by atoms with Crippen molar-refractivity contribution in [3.8, 4) is 0 Å². The number of hydrogen-bond donors (Lipinski definition) is 2. The Labute approximate surface area is 112 Å². The summed E-state index contributed by atoms with van der Waals surface area (Å²) in [6, 6.07) is 0.189. The van der Waals surface area contributed by atoms with Crippen molar-refractivity contribution in [3.63, 3.8) is 0 Å². The third-order valence-electron chi connectivity index (χ3n) is 4.07. The highest BCUT2D eigenvalue weighted by Crippen LogP contribution is 2.18. The van der Waals surface area contributed by atoms with E-state index in [1.54, 1.807) is 0 Å². The molecule has 0 bridgehead atoms. The summed E-state index contributed by atoms with van der Waals surface area (Å²) in [5, 5.41) is 18.9. The average molecular weight is 257 g/mol. The number of piperidine rings is 1. The van der Waals surface area contributed by atoms with Crippen molar-refractivity contribution in [2.75, 3.05) is 19.7 Å². The molecule has 0 saturated carbocycles. The Morgan fingerprint density at radius 2 is 1.72 bits per heavy atom. The van der Waals surface area contributed by atoms with Gasteiger partial charge in [-0.2, -0.15) is 0 Å². The summed E-state index contributed by atoms with van der Waals surface area (Å²) in [5.41, 5.74) is 0. The fourth-order valence-electron chi connectivity index (χ4n) is 2.83. The summed E-state index contributed by atoms with van der Waals surface area (Å²) in [6.45, 7) is 4.47. The predicted octanol–water partition coefficient (Wildman–Crippen LogP) is 2.55. The molecular weight excluding hydrogens is 226 g/mol. The van der Waals surface area contributed by atoms with Crippen molar-refractivity contribution in [2.24, 2.45) is 0 Å². The van der Waals surface area contributed by atoms with Crippen LogP contribution in [0.1, 0.15) is 64.7 Å². The highest BCUT2D eigenvalue weighted by molar-refractivity contribution is 4.80. The van der Waals surface area contributed by atoms with E-state index in [-0.39, 0.29) is 18.8 Å². The lowest BCUT2D eigenvalue weighted by molar-refractivity contribution is 0.0163. The minimum atomic E-state index is -0.201. The monoisotopic (exact) mass is 257 g/mol. The summed E-state index contributed by atoms with van der Waals surface area (Å²) in [5.74, 6) is 0. The van der Waals surface area contributed by atoms with E-state index in [4.69, 9.17) is 0 Å². The van der Waals surface area contributed by atoms with E-state index in [0.717, 1.165) is 25.9 Å². The molecule has 3 nitrogen and oxygen atoms in total. The van der Waals surface area contributed by atoms with E-state index >= 15 is 0 Å². The van der Waals surface area contributed by atoms with Gasteiger partial charge in [0.15, 0.2) is 0 Å². The van der Waals surface area contributed by atoms with Crippen LogP contribution < -0.4 is 0 Å². The van der Waals surface area contributed by atoms with Crippen LogP contribution in [0.4, 0.5) is 0 Å². The molecule has 2 atom stereocenters. The molecule has 0 aromatic heterocycles. The molecule has 1 aliphatic rings. The van der Waals surface area contributed by atoms with Crippen molar-refractivity contribution in [1.29, 1.82) is 0 Å². The van der Waals surface area contributed by atoms with Gasteiger partial charge in [-0.1, -0.05) is 45.4 Å².